The van der Waals surface area contributed by atoms with Crippen LogP contribution in [0.2, 0.25) is 0 Å². The van der Waals surface area contributed by atoms with Crippen LogP contribution in [-0.2, 0) is 0 Å². The molecule has 2 nitrogen and oxygen atoms in total. The van der Waals surface area contributed by atoms with Crippen LogP contribution < -0.4 is 5.73 Å². The molecule has 2 aromatic rings. The molecule has 100 valence electrons. The molecule has 2 heteroatoms. The Bertz CT molecular complexity index is 536. The van der Waals surface area contributed by atoms with Gasteiger partial charge in [0.1, 0.15) is 0 Å². The minimum absolute atomic E-state index is 0.0679. The van der Waals surface area contributed by atoms with Crippen LogP contribution in [0, 0.1) is 13.8 Å². The summed E-state index contributed by atoms with van der Waals surface area (Å²) in [5.41, 5.74) is 10.2. The summed E-state index contributed by atoms with van der Waals surface area (Å²) in [6.07, 6.45) is -0.563. The van der Waals surface area contributed by atoms with E-state index in [2.05, 4.69) is 6.07 Å². The van der Waals surface area contributed by atoms with Crippen LogP contribution in [0.25, 0.3) is 0 Å². The first-order chi connectivity index (χ1) is 9.13. The highest BCUT2D eigenvalue weighted by Gasteiger charge is 2.22. The second kappa shape index (κ2) is 6.00. The van der Waals surface area contributed by atoms with Crippen LogP contribution in [0.3, 0.4) is 0 Å². The Kier molecular flexibility index (Phi) is 4.35. The topological polar surface area (TPSA) is 46.2 Å². The van der Waals surface area contributed by atoms with Crippen molar-refractivity contribution in [2.75, 3.05) is 6.54 Å². The average Bonchev–Trinajstić information content (AvgIpc) is 2.43. The lowest BCUT2D eigenvalue weighted by Gasteiger charge is -2.24. The molecule has 2 atom stereocenters. The zero-order valence-corrected chi connectivity index (χ0v) is 11.5. The number of aliphatic hydroxyl groups is 1. The van der Waals surface area contributed by atoms with Gasteiger partial charge in [-0.3, -0.25) is 0 Å². The van der Waals surface area contributed by atoms with E-state index in [4.69, 9.17) is 5.73 Å². The van der Waals surface area contributed by atoms with Crippen LogP contribution >= 0.6 is 0 Å². The zero-order chi connectivity index (χ0) is 13.8. The van der Waals surface area contributed by atoms with Crippen molar-refractivity contribution in [1.29, 1.82) is 0 Å². The highest BCUT2D eigenvalue weighted by atomic mass is 16.3. The molecule has 3 N–H and O–H groups in total. The summed E-state index contributed by atoms with van der Waals surface area (Å²) in [7, 11) is 0. The Hall–Kier alpha value is -1.64. The third-order valence-electron chi connectivity index (χ3n) is 3.62. The molecule has 2 rings (SSSR count). The molecule has 2 unspecified atom stereocenters. The summed E-state index contributed by atoms with van der Waals surface area (Å²) in [6.45, 7) is 4.49. The van der Waals surface area contributed by atoms with Gasteiger partial charge < -0.3 is 10.8 Å². The number of aliphatic hydroxyl groups excluding tert-OH is 1. The summed E-state index contributed by atoms with van der Waals surface area (Å²) in [5, 5.41) is 10.7. The van der Waals surface area contributed by atoms with E-state index < -0.39 is 6.10 Å². The Balaban J connectivity index is 2.36. The molecular weight excluding hydrogens is 234 g/mol. The molecule has 0 aliphatic carbocycles. The van der Waals surface area contributed by atoms with Gasteiger partial charge in [-0.15, -0.1) is 0 Å². The molecule has 19 heavy (non-hydrogen) atoms. The number of aryl methyl sites for hydroxylation is 2. The van der Waals surface area contributed by atoms with Crippen molar-refractivity contribution in [3.05, 3.63) is 70.8 Å². The second-order valence-corrected chi connectivity index (χ2v) is 5.06. The summed E-state index contributed by atoms with van der Waals surface area (Å²) >= 11 is 0. The second-order valence-electron chi connectivity index (χ2n) is 5.06. The summed E-state index contributed by atoms with van der Waals surface area (Å²) in [6, 6.07) is 16.1. The number of hydrogen-bond acceptors (Lipinski definition) is 2. The van der Waals surface area contributed by atoms with E-state index in [1.54, 1.807) is 0 Å². The summed E-state index contributed by atoms with van der Waals surface area (Å²) in [4.78, 5) is 0. The van der Waals surface area contributed by atoms with Gasteiger partial charge in [-0.2, -0.15) is 0 Å². The average molecular weight is 255 g/mol. The van der Waals surface area contributed by atoms with E-state index in [1.807, 2.05) is 56.3 Å². The minimum atomic E-state index is -0.563. The fourth-order valence-corrected chi connectivity index (χ4v) is 2.44. The Morgan fingerprint density at radius 1 is 1.05 bits per heavy atom. The highest BCUT2D eigenvalue weighted by molar-refractivity contribution is 5.35. The molecule has 0 aromatic heterocycles. The van der Waals surface area contributed by atoms with Crippen LogP contribution in [0.5, 0.6) is 0 Å². The molecular formula is C17H21NO. The smallest absolute Gasteiger partial charge is 0.0873 e. The normalized spacial score (nSPS) is 14.1. The van der Waals surface area contributed by atoms with Gasteiger partial charge in [0.15, 0.2) is 0 Å². The fourth-order valence-electron chi connectivity index (χ4n) is 2.44. The van der Waals surface area contributed by atoms with Gasteiger partial charge in [-0.1, -0.05) is 54.1 Å². The van der Waals surface area contributed by atoms with Crippen molar-refractivity contribution in [2.45, 2.75) is 25.9 Å². The third kappa shape index (κ3) is 3.03. The van der Waals surface area contributed by atoms with E-state index in [9.17, 15) is 5.11 Å². The van der Waals surface area contributed by atoms with E-state index in [0.717, 1.165) is 22.3 Å². The van der Waals surface area contributed by atoms with Crippen LogP contribution in [0.15, 0.2) is 48.5 Å². The van der Waals surface area contributed by atoms with Crippen LogP contribution in [-0.4, -0.2) is 11.7 Å². The van der Waals surface area contributed by atoms with Crippen molar-refractivity contribution >= 4 is 0 Å². The van der Waals surface area contributed by atoms with Gasteiger partial charge in [0.25, 0.3) is 0 Å². The number of rotatable bonds is 4. The third-order valence-corrected chi connectivity index (χ3v) is 3.62. The molecule has 0 spiro atoms. The largest absolute Gasteiger partial charge is 0.388 e. The maximum atomic E-state index is 10.7. The minimum Gasteiger partial charge on any atom is -0.388 e. The predicted octanol–water partition coefficient (Wildman–Crippen LogP) is 3.08. The first-order valence-corrected chi connectivity index (χ1v) is 6.63. The number of hydrogen-bond donors (Lipinski definition) is 2. The Morgan fingerprint density at radius 2 is 1.74 bits per heavy atom. The maximum Gasteiger partial charge on any atom is 0.0873 e. The first-order valence-electron chi connectivity index (χ1n) is 6.63. The molecule has 0 amide bonds. The van der Waals surface area contributed by atoms with Crippen molar-refractivity contribution in [1.82, 2.24) is 0 Å². The van der Waals surface area contributed by atoms with Crippen LogP contribution in [0.4, 0.5) is 0 Å². The molecule has 0 saturated carbocycles. The van der Waals surface area contributed by atoms with Crippen molar-refractivity contribution in [3.63, 3.8) is 0 Å². The van der Waals surface area contributed by atoms with Crippen LogP contribution in [0.1, 0.15) is 34.3 Å². The predicted molar refractivity (Wildman–Crippen MR) is 79.1 cm³/mol. The molecule has 0 heterocycles. The van der Waals surface area contributed by atoms with Gasteiger partial charge >= 0.3 is 0 Å². The van der Waals surface area contributed by atoms with E-state index in [1.165, 1.54) is 0 Å². The summed E-state index contributed by atoms with van der Waals surface area (Å²) < 4.78 is 0. The maximum absolute atomic E-state index is 10.7. The Morgan fingerprint density at radius 3 is 2.37 bits per heavy atom. The van der Waals surface area contributed by atoms with Gasteiger partial charge in [0, 0.05) is 12.5 Å². The lowest BCUT2D eigenvalue weighted by Crippen LogP contribution is -2.20. The molecule has 0 radical (unpaired) electrons. The lowest BCUT2D eigenvalue weighted by atomic mass is 9.87. The fraction of sp³-hybridized carbons (Fsp3) is 0.294. The molecule has 0 saturated heterocycles. The van der Waals surface area contributed by atoms with Crippen molar-refractivity contribution in [2.24, 2.45) is 5.73 Å². The van der Waals surface area contributed by atoms with Gasteiger partial charge in [0.05, 0.1) is 6.10 Å². The van der Waals surface area contributed by atoms with E-state index >= 15 is 0 Å². The molecule has 0 aliphatic heterocycles. The Labute approximate surface area is 114 Å². The highest BCUT2D eigenvalue weighted by Crippen LogP contribution is 2.32. The summed E-state index contributed by atoms with van der Waals surface area (Å²) in [5.74, 6) is -0.0679. The zero-order valence-electron chi connectivity index (χ0n) is 11.5. The number of nitrogens with two attached hydrogens (primary N) is 1. The van der Waals surface area contributed by atoms with Crippen molar-refractivity contribution < 1.29 is 5.11 Å². The van der Waals surface area contributed by atoms with E-state index in [0.29, 0.717) is 6.54 Å². The molecule has 0 bridgehead atoms. The van der Waals surface area contributed by atoms with Gasteiger partial charge in [0.2, 0.25) is 0 Å². The quantitative estimate of drug-likeness (QED) is 0.882. The molecule has 0 aliphatic rings. The lowest BCUT2D eigenvalue weighted by molar-refractivity contribution is 0.146. The van der Waals surface area contributed by atoms with Gasteiger partial charge in [-0.25, -0.2) is 0 Å². The monoisotopic (exact) mass is 255 g/mol. The first kappa shape index (κ1) is 13.8. The van der Waals surface area contributed by atoms with Crippen molar-refractivity contribution in [3.8, 4) is 0 Å². The number of benzene rings is 2. The SMILES string of the molecule is Cc1ccc(C)c(C(O)C(CN)c2ccccc2)c1. The standard InChI is InChI=1S/C17H21NO/c1-12-8-9-13(2)15(10-12)17(19)16(11-18)14-6-4-3-5-7-14/h3-10,16-17,19H,11,18H2,1-2H3. The molecule has 2 aromatic carbocycles. The van der Waals surface area contributed by atoms with E-state index in [-0.39, 0.29) is 5.92 Å². The van der Waals surface area contributed by atoms with Gasteiger partial charge in [-0.05, 0) is 30.5 Å². The molecule has 0 fully saturated rings.